The molecular formula is C29H37N5O2. The van der Waals surface area contributed by atoms with Crippen molar-refractivity contribution in [3.8, 4) is 11.3 Å². The lowest BCUT2D eigenvalue weighted by molar-refractivity contribution is 0.0951. The van der Waals surface area contributed by atoms with Crippen LogP contribution in [0.15, 0.2) is 60.8 Å². The predicted octanol–water partition coefficient (Wildman–Crippen LogP) is 4.69. The summed E-state index contributed by atoms with van der Waals surface area (Å²) >= 11 is 0. The predicted molar refractivity (Wildman–Crippen MR) is 146 cm³/mol. The van der Waals surface area contributed by atoms with Crippen molar-refractivity contribution in [3.05, 3.63) is 77.5 Å². The number of hydrogen-bond donors (Lipinski definition) is 2. The van der Waals surface area contributed by atoms with Gasteiger partial charge in [-0.25, -0.2) is 4.98 Å². The van der Waals surface area contributed by atoms with E-state index >= 15 is 0 Å². The Balaban J connectivity index is 1.61. The fourth-order valence-corrected chi connectivity index (χ4v) is 4.34. The lowest BCUT2D eigenvalue weighted by Crippen LogP contribution is -2.32. The lowest BCUT2D eigenvalue weighted by atomic mass is 10.1. The number of carbonyl (C=O) groups excluding carboxylic acids is 1. The first kappa shape index (κ1) is 25.7. The molecule has 36 heavy (non-hydrogen) atoms. The van der Waals surface area contributed by atoms with E-state index in [0.717, 1.165) is 60.8 Å². The van der Waals surface area contributed by atoms with Gasteiger partial charge in [0.15, 0.2) is 6.23 Å². The minimum absolute atomic E-state index is 0.0841. The maximum atomic E-state index is 12.5. The fraction of sp³-hybridized carbons (Fsp3) is 0.379. The molecule has 7 heteroatoms. The number of fused-ring (bicyclic) bond motifs is 1. The number of hydrogen-bond acceptors (Lipinski definition) is 5. The van der Waals surface area contributed by atoms with E-state index in [1.807, 2.05) is 60.1 Å². The molecule has 0 spiro atoms. The van der Waals surface area contributed by atoms with E-state index in [2.05, 4.69) is 48.3 Å². The van der Waals surface area contributed by atoms with Crippen molar-refractivity contribution in [1.82, 2.24) is 19.8 Å². The van der Waals surface area contributed by atoms with E-state index in [4.69, 9.17) is 4.98 Å². The van der Waals surface area contributed by atoms with Crippen molar-refractivity contribution in [2.45, 2.75) is 39.3 Å². The number of amides is 1. The highest BCUT2D eigenvalue weighted by molar-refractivity contribution is 5.94. The number of aryl methyl sites for hydroxylation is 1. The standard InChI is InChI=1S/C29H37N5O2/c1-5-6-7-17-33-26(23-12-14-24(15-13-23)28(36)30-16-18-32(3)4)19-27(35)34-20-25(31-29(33)34)22-10-8-21(2)9-11-22/h8-15,19-20,27,35H,5-7,16-18H2,1-4H3,(H,30,36). The van der Waals surface area contributed by atoms with Gasteiger partial charge in [0.1, 0.15) is 0 Å². The summed E-state index contributed by atoms with van der Waals surface area (Å²) in [6.07, 6.45) is 6.22. The van der Waals surface area contributed by atoms with Gasteiger partial charge in [-0.1, -0.05) is 61.7 Å². The molecule has 1 aliphatic rings. The Morgan fingerprint density at radius 2 is 1.75 bits per heavy atom. The van der Waals surface area contributed by atoms with Gasteiger partial charge in [-0.3, -0.25) is 9.36 Å². The molecule has 0 bridgehead atoms. The maximum Gasteiger partial charge on any atom is 0.251 e. The summed E-state index contributed by atoms with van der Waals surface area (Å²) < 4.78 is 1.83. The highest BCUT2D eigenvalue weighted by atomic mass is 16.3. The average Bonchev–Trinajstić information content (AvgIpc) is 3.32. The van der Waals surface area contributed by atoms with Gasteiger partial charge >= 0.3 is 0 Å². The molecule has 1 amide bonds. The van der Waals surface area contributed by atoms with Crippen LogP contribution in [0.1, 0.15) is 53.9 Å². The molecule has 3 aromatic rings. The second-order valence-electron chi connectivity index (χ2n) is 9.66. The normalized spacial score (nSPS) is 15.1. The van der Waals surface area contributed by atoms with E-state index in [0.29, 0.717) is 12.1 Å². The molecule has 190 valence electrons. The van der Waals surface area contributed by atoms with E-state index in [1.54, 1.807) is 0 Å². The molecule has 2 heterocycles. The summed E-state index contributed by atoms with van der Waals surface area (Å²) in [6.45, 7) is 6.44. The van der Waals surface area contributed by atoms with Gasteiger partial charge in [-0.2, -0.15) is 0 Å². The van der Waals surface area contributed by atoms with Crippen LogP contribution in [-0.2, 0) is 0 Å². The zero-order valence-corrected chi connectivity index (χ0v) is 21.7. The largest absolute Gasteiger partial charge is 0.369 e. The van der Waals surface area contributed by atoms with E-state index in [-0.39, 0.29) is 5.91 Å². The molecule has 0 aliphatic carbocycles. The molecule has 2 aromatic carbocycles. The number of carbonyl (C=O) groups is 1. The van der Waals surface area contributed by atoms with Crippen LogP contribution in [-0.4, -0.2) is 59.2 Å². The van der Waals surface area contributed by atoms with E-state index < -0.39 is 6.23 Å². The first-order chi connectivity index (χ1) is 17.4. The van der Waals surface area contributed by atoms with Crippen LogP contribution < -0.4 is 10.2 Å². The van der Waals surface area contributed by atoms with E-state index in [9.17, 15) is 9.90 Å². The van der Waals surface area contributed by atoms with Crippen LogP contribution in [0.2, 0.25) is 0 Å². The van der Waals surface area contributed by atoms with Crippen LogP contribution in [0.25, 0.3) is 17.0 Å². The summed E-state index contributed by atoms with van der Waals surface area (Å²) in [6, 6.07) is 15.9. The molecule has 0 fully saturated rings. The first-order valence-electron chi connectivity index (χ1n) is 12.7. The van der Waals surface area contributed by atoms with Crippen molar-refractivity contribution in [1.29, 1.82) is 0 Å². The number of aliphatic hydroxyl groups is 1. The molecule has 0 saturated carbocycles. The number of likely N-dealkylation sites (N-methyl/N-ethyl adjacent to an activating group) is 1. The van der Waals surface area contributed by atoms with Crippen molar-refractivity contribution in [3.63, 3.8) is 0 Å². The SMILES string of the molecule is CCCCCN1C(c2ccc(C(=O)NCCN(C)C)cc2)=CC(O)n2cc(-c3ccc(C)cc3)nc21. The Kier molecular flexibility index (Phi) is 8.23. The van der Waals surface area contributed by atoms with Gasteiger partial charge in [0, 0.05) is 37.0 Å². The highest BCUT2D eigenvalue weighted by Gasteiger charge is 2.28. The quantitative estimate of drug-likeness (QED) is 0.406. The fourth-order valence-electron chi connectivity index (χ4n) is 4.34. The van der Waals surface area contributed by atoms with Gasteiger partial charge in [0.05, 0.1) is 11.4 Å². The van der Waals surface area contributed by atoms with Gasteiger partial charge in [0.2, 0.25) is 5.95 Å². The highest BCUT2D eigenvalue weighted by Crippen LogP contribution is 2.36. The zero-order valence-electron chi connectivity index (χ0n) is 21.7. The number of unbranched alkanes of at least 4 members (excludes halogenated alkanes) is 2. The van der Waals surface area contributed by atoms with Crippen LogP contribution in [0.5, 0.6) is 0 Å². The Morgan fingerprint density at radius 3 is 2.42 bits per heavy atom. The molecule has 1 aromatic heterocycles. The first-order valence-corrected chi connectivity index (χ1v) is 12.7. The van der Waals surface area contributed by atoms with Crippen LogP contribution in [0, 0.1) is 6.92 Å². The third-order valence-electron chi connectivity index (χ3n) is 6.46. The average molecular weight is 488 g/mol. The topological polar surface area (TPSA) is 73.6 Å². The number of rotatable bonds is 10. The third kappa shape index (κ3) is 5.86. The molecule has 2 N–H and O–H groups in total. The Morgan fingerprint density at radius 1 is 1.06 bits per heavy atom. The number of aromatic nitrogens is 2. The molecule has 7 nitrogen and oxygen atoms in total. The van der Waals surface area contributed by atoms with Gasteiger partial charge in [-0.15, -0.1) is 0 Å². The number of anilines is 1. The summed E-state index contributed by atoms with van der Waals surface area (Å²) in [7, 11) is 3.96. The van der Waals surface area contributed by atoms with Gasteiger partial charge in [0.25, 0.3) is 5.91 Å². The van der Waals surface area contributed by atoms with Crippen LogP contribution in [0.3, 0.4) is 0 Å². The minimum Gasteiger partial charge on any atom is -0.369 e. The number of aliphatic hydroxyl groups excluding tert-OH is 1. The van der Waals surface area contributed by atoms with Crippen LogP contribution in [0.4, 0.5) is 5.95 Å². The smallest absolute Gasteiger partial charge is 0.251 e. The summed E-state index contributed by atoms with van der Waals surface area (Å²) in [5.41, 5.74) is 5.53. The number of nitrogens with one attached hydrogen (secondary N) is 1. The molecule has 0 radical (unpaired) electrons. The van der Waals surface area contributed by atoms with Gasteiger partial charge < -0.3 is 20.2 Å². The second kappa shape index (κ2) is 11.5. The van der Waals surface area contributed by atoms with Crippen molar-refractivity contribution >= 4 is 17.6 Å². The van der Waals surface area contributed by atoms with Crippen molar-refractivity contribution in [2.75, 3.05) is 38.6 Å². The minimum atomic E-state index is -0.821. The third-order valence-corrected chi connectivity index (χ3v) is 6.46. The second-order valence-corrected chi connectivity index (χ2v) is 9.66. The molecule has 1 aliphatic heterocycles. The molecular weight excluding hydrogens is 450 g/mol. The molecule has 0 saturated heterocycles. The molecule has 4 rings (SSSR count). The summed E-state index contributed by atoms with van der Waals surface area (Å²) in [4.78, 5) is 21.7. The zero-order chi connectivity index (χ0) is 25.7. The Bertz CT molecular complexity index is 1200. The molecule has 1 atom stereocenters. The van der Waals surface area contributed by atoms with Gasteiger partial charge in [-0.05, 0) is 51.2 Å². The number of imidazole rings is 1. The Labute approximate surface area is 214 Å². The Hall–Kier alpha value is -3.42. The summed E-state index contributed by atoms with van der Waals surface area (Å²) in [5, 5.41) is 14.0. The molecule has 1 unspecified atom stereocenters. The number of nitrogens with zero attached hydrogens (tertiary/aromatic N) is 4. The summed E-state index contributed by atoms with van der Waals surface area (Å²) in [5.74, 6) is 0.649. The van der Waals surface area contributed by atoms with Crippen molar-refractivity contribution < 1.29 is 9.90 Å². The van der Waals surface area contributed by atoms with Crippen LogP contribution >= 0.6 is 0 Å². The monoisotopic (exact) mass is 487 g/mol. The lowest BCUT2D eigenvalue weighted by Gasteiger charge is -2.33. The van der Waals surface area contributed by atoms with Crippen molar-refractivity contribution in [2.24, 2.45) is 0 Å². The van der Waals surface area contributed by atoms with E-state index in [1.165, 1.54) is 5.56 Å². The number of benzene rings is 2. The maximum absolute atomic E-state index is 12.5.